The van der Waals surface area contributed by atoms with E-state index in [1.807, 2.05) is 29.2 Å². The highest BCUT2D eigenvalue weighted by Gasteiger charge is 2.24. The van der Waals surface area contributed by atoms with E-state index < -0.39 is 0 Å². The molecule has 1 aliphatic heterocycles. The van der Waals surface area contributed by atoms with Crippen molar-refractivity contribution in [3.8, 4) is 0 Å². The van der Waals surface area contributed by atoms with Crippen LogP contribution < -0.4 is 0 Å². The maximum atomic E-state index is 12.3. The first-order valence-electron chi connectivity index (χ1n) is 6.28. The van der Waals surface area contributed by atoms with Crippen LogP contribution in [-0.4, -0.2) is 37.6 Å². The number of nitrogens with zero attached hydrogens (tertiary/aromatic N) is 1. The van der Waals surface area contributed by atoms with Crippen molar-refractivity contribution in [3.05, 3.63) is 29.8 Å². The van der Waals surface area contributed by atoms with Crippen LogP contribution in [0.3, 0.4) is 0 Å². The Morgan fingerprint density at radius 1 is 1.44 bits per heavy atom. The van der Waals surface area contributed by atoms with Crippen molar-refractivity contribution < 1.29 is 9.53 Å². The number of hydrogen-bond donors (Lipinski definition) is 1. The van der Waals surface area contributed by atoms with Gasteiger partial charge in [0, 0.05) is 30.7 Å². The van der Waals surface area contributed by atoms with E-state index in [0.29, 0.717) is 5.92 Å². The van der Waals surface area contributed by atoms with Crippen LogP contribution >= 0.6 is 12.6 Å². The van der Waals surface area contributed by atoms with Gasteiger partial charge in [0.25, 0.3) is 5.91 Å². The molecule has 98 valence electrons. The monoisotopic (exact) mass is 265 g/mol. The van der Waals surface area contributed by atoms with Gasteiger partial charge in [-0.15, -0.1) is 12.6 Å². The maximum absolute atomic E-state index is 12.3. The predicted molar refractivity (Wildman–Crippen MR) is 74.2 cm³/mol. The summed E-state index contributed by atoms with van der Waals surface area (Å²) in [5, 5.41) is 0. The van der Waals surface area contributed by atoms with E-state index in [1.165, 1.54) is 0 Å². The smallest absolute Gasteiger partial charge is 0.253 e. The Morgan fingerprint density at radius 3 is 2.83 bits per heavy atom. The third-order valence-electron chi connectivity index (χ3n) is 3.32. The largest absolute Gasteiger partial charge is 0.384 e. The highest BCUT2D eigenvalue weighted by Crippen LogP contribution is 2.19. The van der Waals surface area contributed by atoms with E-state index in [0.717, 1.165) is 43.0 Å². The van der Waals surface area contributed by atoms with Gasteiger partial charge in [-0.1, -0.05) is 0 Å². The summed E-state index contributed by atoms with van der Waals surface area (Å²) in [7, 11) is 1.71. The normalized spacial score (nSPS) is 19.9. The van der Waals surface area contributed by atoms with Crippen LogP contribution in [-0.2, 0) is 4.74 Å². The number of methoxy groups -OCH3 is 1. The van der Waals surface area contributed by atoms with Crippen LogP contribution in [0.2, 0.25) is 0 Å². The lowest BCUT2D eigenvalue weighted by atomic mass is 9.98. The molecule has 1 fully saturated rings. The quantitative estimate of drug-likeness (QED) is 0.851. The molecule has 1 atom stereocenters. The molecule has 4 heteroatoms. The summed E-state index contributed by atoms with van der Waals surface area (Å²) in [6, 6.07) is 7.38. The summed E-state index contributed by atoms with van der Waals surface area (Å²) in [5.41, 5.74) is 0.742. The van der Waals surface area contributed by atoms with Crippen LogP contribution in [0.1, 0.15) is 23.2 Å². The number of amides is 1. The van der Waals surface area contributed by atoms with Crippen LogP contribution in [0.25, 0.3) is 0 Å². The molecule has 1 aromatic rings. The van der Waals surface area contributed by atoms with Crippen molar-refractivity contribution in [2.45, 2.75) is 17.7 Å². The van der Waals surface area contributed by atoms with Crippen molar-refractivity contribution in [3.63, 3.8) is 0 Å². The van der Waals surface area contributed by atoms with Crippen LogP contribution in [0.15, 0.2) is 29.2 Å². The van der Waals surface area contributed by atoms with Crippen molar-refractivity contribution in [2.75, 3.05) is 26.8 Å². The van der Waals surface area contributed by atoms with Crippen LogP contribution in [0.5, 0.6) is 0 Å². The first kappa shape index (κ1) is 13.4. The fourth-order valence-electron chi connectivity index (χ4n) is 2.41. The molecular formula is C14H19NO2S. The molecule has 0 spiro atoms. The van der Waals surface area contributed by atoms with E-state index in [2.05, 4.69) is 12.6 Å². The van der Waals surface area contributed by atoms with Gasteiger partial charge in [-0.3, -0.25) is 4.79 Å². The van der Waals surface area contributed by atoms with E-state index in [-0.39, 0.29) is 5.91 Å². The third-order valence-corrected chi connectivity index (χ3v) is 3.62. The molecule has 1 amide bonds. The zero-order valence-electron chi connectivity index (χ0n) is 10.6. The van der Waals surface area contributed by atoms with Crippen molar-refractivity contribution in [1.29, 1.82) is 0 Å². The predicted octanol–water partition coefficient (Wildman–Crippen LogP) is 2.47. The number of ether oxygens (including phenoxy) is 1. The highest BCUT2D eigenvalue weighted by molar-refractivity contribution is 7.80. The average Bonchev–Trinajstić information content (AvgIpc) is 2.39. The lowest BCUT2D eigenvalue weighted by Gasteiger charge is -2.32. The second kappa shape index (κ2) is 6.25. The minimum atomic E-state index is 0.115. The van der Waals surface area contributed by atoms with Gasteiger partial charge in [0.15, 0.2) is 0 Å². The molecule has 3 nitrogen and oxygen atoms in total. The Labute approximate surface area is 114 Å². The van der Waals surface area contributed by atoms with Gasteiger partial charge in [-0.05, 0) is 43.0 Å². The van der Waals surface area contributed by atoms with E-state index in [9.17, 15) is 4.79 Å². The number of thiol groups is 1. The molecule has 0 bridgehead atoms. The maximum Gasteiger partial charge on any atom is 0.253 e. The number of benzene rings is 1. The van der Waals surface area contributed by atoms with Gasteiger partial charge in [0.2, 0.25) is 0 Å². The second-order valence-electron chi connectivity index (χ2n) is 4.76. The summed E-state index contributed by atoms with van der Waals surface area (Å²) in [6.45, 7) is 2.39. The first-order valence-corrected chi connectivity index (χ1v) is 6.72. The minimum Gasteiger partial charge on any atom is -0.384 e. The summed E-state index contributed by atoms with van der Waals surface area (Å²) in [4.78, 5) is 15.1. The Kier molecular flexibility index (Phi) is 4.66. The van der Waals surface area contributed by atoms with E-state index >= 15 is 0 Å². The molecule has 18 heavy (non-hydrogen) atoms. The van der Waals surface area contributed by atoms with Gasteiger partial charge in [0.05, 0.1) is 6.61 Å². The van der Waals surface area contributed by atoms with E-state index in [4.69, 9.17) is 4.74 Å². The van der Waals surface area contributed by atoms with Gasteiger partial charge in [-0.2, -0.15) is 0 Å². The van der Waals surface area contributed by atoms with Gasteiger partial charge >= 0.3 is 0 Å². The standard InChI is InChI=1S/C14H19NO2S/c1-17-10-11-3-2-8-15(9-11)14(16)12-4-6-13(18)7-5-12/h4-7,11,18H,2-3,8-10H2,1H3. The lowest BCUT2D eigenvalue weighted by Crippen LogP contribution is -2.41. The Balaban J connectivity index is 2.02. The number of likely N-dealkylation sites (tertiary alicyclic amines) is 1. The molecule has 1 saturated heterocycles. The first-order chi connectivity index (χ1) is 8.70. The molecule has 0 aromatic heterocycles. The molecule has 0 saturated carbocycles. The van der Waals surface area contributed by atoms with E-state index in [1.54, 1.807) is 7.11 Å². The molecule has 0 aliphatic carbocycles. The molecule has 0 radical (unpaired) electrons. The molecular weight excluding hydrogens is 246 g/mol. The van der Waals surface area contributed by atoms with Crippen molar-refractivity contribution in [1.82, 2.24) is 4.90 Å². The molecule has 1 unspecified atom stereocenters. The number of carbonyl (C=O) groups is 1. The Bertz CT molecular complexity index is 403. The molecule has 1 aromatic carbocycles. The van der Waals surface area contributed by atoms with Gasteiger partial charge in [-0.25, -0.2) is 0 Å². The fourth-order valence-corrected chi connectivity index (χ4v) is 2.56. The molecule has 1 heterocycles. The number of hydrogen-bond acceptors (Lipinski definition) is 3. The molecule has 1 aliphatic rings. The second-order valence-corrected chi connectivity index (χ2v) is 5.28. The Hall–Kier alpha value is -1.00. The SMILES string of the molecule is COCC1CCCN(C(=O)c2ccc(S)cc2)C1. The minimum absolute atomic E-state index is 0.115. The van der Waals surface area contributed by atoms with Gasteiger partial charge < -0.3 is 9.64 Å². The third kappa shape index (κ3) is 3.27. The summed E-state index contributed by atoms with van der Waals surface area (Å²) in [5.74, 6) is 0.584. The van der Waals surface area contributed by atoms with Crippen molar-refractivity contribution in [2.24, 2.45) is 5.92 Å². The summed E-state index contributed by atoms with van der Waals surface area (Å²) >= 11 is 4.23. The summed E-state index contributed by atoms with van der Waals surface area (Å²) < 4.78 is 5.18. The number of carbonyl (C=O) groups excluding carboxylic acids is 1. The molecule has 0 N–H and O–H groups in total. The Morgan fingerprint density at radius 2 is 2.17 bits per heavy atom. The number of piperidine rings is 1. The summed E-state index contributed by atoms with van der Waals surface area (Å²) in [6.07, 6.45) is 2.21. The zero-order valence-corrected chi connectivity index (χ0v) is 11.5. The highest BCUT2D eigenvalue weighted by atomic mass is 32.1. The fraction of sp³-hybridized carbons (Fsp3) is 0.500. The zero-order chi connectivity index (χ0) is 13.0. The number of rotatable bonds is 3. The average molecular weight is 265 g/mol. The van der Waals surface area contributed by atoms with Gasteiger partial charge in [0.1, 0.15) is 0 Å². The molecule has 2 rings (SSSR count). The van der Waals surface area contributed by atoms with Crippen LogP contribution in [0, 0.1) is 5.92 Å². The topological polar surface area (TPSA) is 29.5 Å². The van der Waals surface area contributed by atoms with Crippen LogP contribution in [0.4, 0.5) is 0 Å². The lowest BCUT2D eigenvalue weighted by molar-refractivity contribution is 0.0571. The van der Waals surface area contributed by atoms with Crippen molar-refractivity contribution >= 4 is 18.5 Å².